The van der Waals surface area contributed by atoms with Crippen molar-refractivity contribution in [3.05, 3.63) is 0 Å². The smallest absolute Gasteiger partial charge is 0.307 e. The van der Waals surface area contributed by atoms with Crippen LogP contribution in [-0.4, -0.2) is 22.2 Å². The molecule has 0 aliphatic heterocycles. The normalized spacial score (nSPS) is 52.9. The number of carboxylic acid groups (broad SMARTS) is 2. The minimum Gasteiger partial charge on any atom is -0.481 e. The van der Waals surface area contributed by atoms with E-state index in [2.05, 4.69) is 0 Å². The molecule has 3 fully saturated rings. The number of hydrogen-bond acceptors (Lipinski definition) is 2. The van der Waals surface area contributed by atoms with Gasteiger partial charge in [-0.3, -0.25) is 9.59 Å². The molecule has 0 bridgehead atoms. The second kappa shape index (κ2) is 2.30. The zero-order valence-electron chi connectivity index (χ0n) is 7.59. The van der Waals surface area contributed by atoms with Crippen LogP contribution in [0.3, 0.4) is 0 Å². The highest BCUT2D eigenvalue weighted by Crippen LogP contribution is 2.71. The fourth-order valence-electron chi connectivity index (χ4n) is 3.68. The average molecular weight is 196 g/mol. The number of fused-ring (bicyclic) bond motifs is 3. The molecule has 3 rings (SSSR count). The van der Waals surface area contributed by atoms with Crippen LogP contribution >= 0.6 is 0 Å². The van der Waals surface area contributed by atoms with Gasteiger partial charge in [-0.1, -0.05) is 0 Å². The molecule has 2 N–H and O–H groups in total. The van der Waals surface area contributed by atoms with Crippen LogP contribution in [0.15, 0.2) is 0 Å². The van der Waals surface area contributed by atoms with Crippen LogP contribution < -0.4 is 0 Å². The third kappa shape index (κ3) is 0.837. The predicted molar refractivity (Wildman–Crippen MR) is 45.4 cm³/mol. The van der Waals surface area contributed by atoms with E-state index in [0.717, 1.165) is 12.8 Å². The van der Waals surface area contributed by atoms with Crippen LogP contribution in [0.25, 0.3) is 0 Å². The maximum Gasteiger partial charge on any atom is 0.307 e. The molecule has 0 saturated heterocycles. The second-order valence-corrected chi connectivity index (χ2v) is 4.79. The summed E-state index contributed by atoms with van der Waals surface area (Å²) in [6, 6.07) is 0. The molecule has 0 aromatic heterocycles. The van der Waals surface area contributed by atoms with Crippen molar-refractivity contribution in [2.45, 2.75) is 12.8 Å². The van der Waals surface area contributed by atoms with Gasteiger partial charge in [-0.2, -0.15) is 0 Å². The van der Waals surface area contributed by atoms with E-state index in [-0.39, 0.29) is 35.5 Å². The van der Waals surface area contributed by atoms with Crippen molar-refractivity contribution < 1.29 is 19.8 Å². The quantitative estimate of drug-likeness (QED) is 0.680. The highest BCUT2D eigenvalue weighted by Gasteiger charge is 2.72. The average Bonchev–Trinajstić information content (AvgIpc) is 2.95. The molecule has 4 nitrogen and oxygen atoms in total. The molecule has 0 aromatic carbocycles. The number of aliphatic carboxylic acids is 2. The Morgan fingerprint density at radius 3 is 1.50 bits per heavy atom. The van der Waals surface area contributed by atoms with Crippen LogP contribution in [0, 0.1) is 35.5 Å². The first kappa shape index (κ1) is 8.26. The van der Waals surface area contributed by atoms with Gasteiger partial charge in [0, 0.05) is 0 Å². The summed E-state index contributed by atoms with van der Waals surface area (Å²) in [6.45, 7) is 0. The van der Waals surface area contributed by atoms with Crippen LogP contribution in [-0.2, 0) is 9.59 Å². The summed E-state index contributed by atoms with van der Waals surface area (Å²) >= 11 is 0. The fraction of sp³-hybridized carbons (Fsp3) is 0.800. The first-order chi connectivity index (χ1) is 6.63. The SMILES string of the molecule is O=C(O)[C@@H]1[C@H]2CC[C@H]3[C@H](C(=O)O)[C@@H]3[C@H]21. The van der Waals surface area contributed by atoms with Gasteiger partial charge < -0.3 is 10.2 Å². The Balaban J connectivity index is 1.78. The Labute approximate surface area is 80.9 Å². The molecule has 6 atom stereocenters. The van der Waals surface area contributed by atoms with Crippen molar-refractivity contribution in [2.24, 2.45) is 35.5 Å². The van der Waals surface area contributed by atoms with Gasteiger partial charge in [0.05, 0.1) is 11.8 Å². The second-order valence-electron chi connectivity index (χ2n) is 4.79. The first-order valence-corrected chi connectivity index (χ1v) is 5.08. The summed E-state index contributed by atoms with van der Waals surface area (Å²) in [5.41, 5.74) is 0. The molecule has 3 aliphatic carbocycles. The summed E-state index contributed by atoms with van der Waals surface area (Å²) < 4.78 is 0. The monoisotopic (exact) mass is 196 g/mol. The number of carboxylic acids is 2. The maximum absolute atomic E-state index is 10.8. The van der Waals surface area contributed by atoms with Gasteiger partial charge in [0.1, 0.15) is 0 Å². The third-order valence-electron chi connectivity index (χ3n) is 4.31. The molecular weight excluding hydrogens is 184 g/mol. The lowest BCUT2D eigenvalue weighted by Crippen LogP contribution is -2.04. The van der Waals surface area contributed by atoms with Crippen molar-refractivity contribution >= 4 is 11.9 Å². The predicted octanol–water partition coefficient (Wildman–Crippen LogP) is 0.674. The molecule has 0 heterocycles. The topological polar surface area (TPSA) is 74.6 Å². The molecule has 0 spiro atoms. The van der Waals surface area contributed by atoms with Crippen molar-refractivity contribution in [3.63, 3.8) is 0 Å². The Kier molecular flexibility index (Phi) is 1.36. The van der Waals surface area contributed by atoms with Gasteiger partial charge in [0.15, 0.2) is 0 Å². The summed E-state index contributed by atoms with van der Waals surface area (Å²) in [5.74, 6) is -0.951. The highest BCUT2D eigenvalue weighted by atomic mass is 16.4. The molecule has 4 heteroatoms. The molecule has 0 amide bonds. The molecule has 76 valence electrons. The molecule has 0 unspecified atom stereocenters. The minimum atomic E-state index is -0.725. The lowest BCUT2D eigenvalue weighted by Gasteiger charge is -2.03. The lowest BCUT2D eigenvalue weighted by molar-refractivity contribution is -0.141. The number of hydrogen-bond donors (Lipinski definition) is 2. The summed E-state index contributed by atoms with van der Waals surface area (Å²) in [6.07, 6.45) is 1.85. The third-order valence-corrected chi connectivity index (χ3v) is 4.31. The van der Waals surface area contributed by atoms with Gasteiger partial charge in [-0.15, -0.1) is 0 Å². The Hall–Kier alpha value is -1.06. The molecular formula is C10H12O4. The zero-order valence-corrected chi connectivity index (χ0v) is 7.59. The van der Waals surface area contributed by atoms with Crippen molar-refractivity contribution in [1.82, 2.24) is 0 Å². The highest BCUT2D eigenvalue weighted by molar-refractivity contribution is 5.78. The van der Waals surface area contributed by atoms with E-state index in [1.165, 1.54) is 0 Å². The van der Waals surface area contributed by atoms with Crippen molar-refractivity contribution in [3.8, 4) is 0 Å². The van der Waals surface area contributed by atoms with E-state index in [1.54, 1.807) is 0 Å². The van der Waals surface area contributed by atoms with Gasteiger partial charge in [-0.05, 0) is 36.5 Å². The Morgan fingerprint density at radius 2 is 1.21 bits per heavy atom. The van der Waals surface area contributed by atoms with Crippen molar-refractivity contribution in [2.75, 3.05) is 0 Å². The molecule has 0 radical (unpaired) electrons. The first-order valence-electron chi connectivity index (χ1n) is 5.08. The van der Waals surface area contributed by atoms with E-state index in [4.69, 9.17) is 10.2 Å². The summed E-state index contributed by atoms with van der Waals surface area (Å²) in [7, 11) is 0. The van der Waals surface area contributed by atoms with Crippen LogP contribution in [0.5, 0.6) is 0 Å². The Morgan fingerprint density at radius 1 is 0.857 bits per heavy atom. The number of carbonyl (C=O) groups is 2. The molecule has 0 aromatic rings. The van der Waals surface area contributed by atoms with Gasteiger partial charge in [0.25, 0.3) is 0 Å². The van der Waals surface area contributed by atoms with Crippen LogP contribution in [0.2, 0.25) is 0 Å². The fourth-order valence-corrected chi connectivity index (χ4v) is 3.68. The lowest BCUT2D eigenvalue weighted by atomic mass is 10.0. The van der Waals surface area contributed by atoms with Gasteiger partial charge >= 0.3 is 11.9 Å². The van der Waals surface area contributed by atoms with E-state index in [9.17, 15) is 9.59 Å². The van der Waals surface area contributed by atoms with E-state index >= 15 is 0 Å². The van der Waals surface area contributed by atoms with E-state index in [1.807, 2.05) is 0 Å². The van der Waals surface area contributed by atoms with E-state index in [0.29, 0.717) is 0 Å². The maximum atomic E-state index is 10.8. The van der Waals surface area contributed by atoms with Gasteiger partial charge in [-0.25, -0.2) is 0 Å². The molecule has 3 aliphatic rings. The summed E-state index contributed by atoms with van der Waals surface area (Å²) in [5, 5.41) is 17.8. The van der Waals surface area contributed by atoms with Crippen LogP contribution in [0.1, 0.15) is 12.8 Å². The van der Waals surface area contributed by atoms with Crippen LogP contribution in [0.4, 0.5) is 0 Å². The molecule has 14 heavy (non-hydrogen) atoms. The van der Waals surface area contributed by atoms with E-state index < -0.39 is 11.9 Å². The standard InChI is InChI=1S/C10H12O4/c11-9(12)7-3-1-2-4-6(5(3)7)8(4)10(13)14/h3-8H,1-2H2,(H,11,12)(H,13,14)/t3-,4+,5-,6-,7+,8-/m0/s1. The largest absolute Gasteiger partial charge is 0.481 e. The minimum absolute atomic E-state index is 0.187. The number of rotatable bonds is 2. The Bertz CT molecular complexity index is 292. The zero-order chi connectivity index (χ0) is 10.0. The summed E-state index contributed by atoms with van der Waals surface area (Å²) in [4.78, 5) is 21.6. The van der Waals surface area contributed by atoms with Gasteiger partial charge in [0.2, 0.25) is 0 Å². The molecule has 3 saturated carbocycles. The van der Waals surface area contributed by atoms with Crippen molar-refractivity contribution in [1.29, 1.82) is 0 Å².